The fraction of sp³-hybridized carbons (Fsp3) is 0.194. The summed E-state index contributed by atoms with van der Waals surface area (Å²) in [6, 6.07) is 26.7. The summed E-state index contributed by atoms with van der Waals surface area (Å²) in [5.74, 6) is 0.847. The minimum absolute atomic E-state index is 0.640. The molecular formula is C31H28ClN3OS. The predicted octanol–water partition coefficient (Wildman–Crippen LogP) is 8.25. The number of benzene rings is 3. The molecule has 37 heavy (non-hydrogen) atoms. The molecule has 0 unspecified atom stereocenters. The van der Waals surface area contributed by atoms with E-state index in [1.165, 1.54) is 28.0 Å². The van der Waals surface area contributed by atoms with Crippen molar-refractivity contribution in [1.82, 2.24) is 8.97 Å². The molecule has 1 aliphatic heterocycles. The van der Waals surface area contributed by atoms with E-state index in [0.29, 0.717) is 11.6 Å². The number of ether oxygens (including phenoxy) is 1. The lowest BCUT2D eigenvalue weighted by molar-refractivity contribution is 0.340. The predicted molar refractivity (Wildman–Crippen MR) is 157 cm³/mol. The Balaban J connectivity index is 1.54. The van der Waals surface area contributed by atoms with Crippen LogP contribution in [0.5, 0.6) is 5.75 Å². The topological polar surface area (TPSA) is 30.6 Å². The zero-order valence-corrected chi connectivity index (χ0v) is 22.3. The molecule has 5 aromatic rings. The van der Waals surface area contributed by atoms with E-state index < -0.39 is 0 Å². The lowest BCUT2D eigenvalue weighted by Gasteiger charge is -2.13. The summed E-state index contributed by atoms with van der Waals surface area (Å²) in [5.41, 5.74) is 9.25. The Hall–Kier alpha value is -3.54. The molecule has 0 atom stereocenters. The molecule has 3 heterocycles. The number of hydrogen-bond donors (Lipinski definition) is 1. The number of nitrogens with zero attached hydrogens (tertiary/aromatic N) is 2. The van der Waals surface area contributed by atoms with Gasteiger partial charge in [0.25, 0.3) is 0 Å². The molecule has 1 N–H and O–H groups in total. The summed E-state index contributed by atoms with van der Waals surface area (Å²) in [5, 5.41) is 4.23. The summed E-state index contributed by atoms with van der Waals surface area (Å²) < 4.78 is 10.4. The van der Waals surface area contributed by atoms with E-state index in [4.69, 9.17) is 28.6 Å². The molecular weight excluding hydrogens is 498 g/mol. The van der Waals surface area contributed by atoms with Gasteiger partial charge in [-0.25, -0.2) is 0 Å². The molecule has 0 fully saturated rings. The average Bonchev–Trinajstić information content (AvgIpc) is 3.34. The number of nitrogens with one attached hydrogen (secondary N) is 1. The molecule has 0 radical (unpaired) electrons. The van der Waals surface area contributed by atoms with Crippen LogP contribution in [0.2, 0.25) is 5.02 Å². The smallest absolute Gasteiger partial charge is 0.128 e. The SMILES string of the molecule is CCOc1ccc(NC(=S)c2c(-c3ccc(Cl)cc3)c3c4n(c(-c5ccccc5)cn24)CCCC3)cc1. The maximum Gasteiger partial charge on any atom is 0.128 e. The molecule has 1 aliphatic rings. The third kappa shape index (κ3) is 4.43. The summed E-state index contributed by atoms with van der Waals surface area (Å²) >= 11 is 12.4. The molecule has 6 heteroatoms. The summed E-state index contributed by atoms with van der Waals surface area (Å²) in [6.45, 7) is 3.61. The Bertz CT molecular complexity index is 1570. The van der Waals surface area contributed by atoms with Gasteiger partial charge < -0.3 is 14.6 Å². The zero-order chi connectivity index (χ0) is 25.4. The van der Waals surface area contributed by atoms with Gasteiger partial charge in [0.2, 0.25) is 0 Å². The van der Waals surface area contributed by atoms with Gasteiger partial charge in [0.05, 0.1) is 18.0 Å². The highest BCUT2D eigenvalue weighted by atomic mass is 35.5. The van der Waals surface area contributed by atoms with Crippen LogP contribution in [0.3, 0.4) is 0 Å². The van der Waals surface area contributed by atoms with Crippen molar-refractivity contribution in [2.75, 3.05) is 11.9 Å². The third-order valence-electron chi connectivity index (χ3n) is 6.97. The highest BCUT2D eigenvalue weighted by Gasteiger charge is 2.28. The number of hydrogen-bond acceptors (Lipinski definition) is 2. The first-order chi connectivity index (χ1) is 18.1. The van der Waals surface area contributed by atoms with Crippen LogP contribution in [-0.2, 0) is 13.0 Å². The maximum absolute atomic E-state index is 6.27. The molecule has 6 rings (SSSR count). The van der Waals surface area contributed by atoms with E-state index in [-0.39, 0.29) is 0 Å². The fourth-order valence-corrected chi connectivity index (χ4v) is 5.81. The van der Waals surface area contributed by atoms with Crippen molar-refractivity contribution in [1.29, 1.82) is 0 Å². The van der Waals surface area contributed by atoms with E-state index in [0.717, 1.165) is 53.5 Å². The van der Waals surface area contributed by atoms with E-state index in [1.807, 2.05) is 43.3 Å². The second kappa shape index (κ2) is 10.1. The fourth-order valence-electron chi connectivity index (χ4n) is 5.37. The number of rotatable bonds is 6. The summed E-state index contributed by atoms with van der Waals surface area (Å²) in [4.78, 5) is 0.688. The van der Waals surface area contributed by atoms with Crippen LogP contribution in [0.4, 0.5) is 5.69 Å². The van der Waals surface area contributed by atoms with Gasteiger partial charge in [-0.3, -0.25) is 4.40 Å². The Morgan fingerprint density at radius 3 is 2.43 bits per heavy atom. The Morgan fingerprint density at radius 2 is 1.70 bits per heavy atom. The molecule has 0 spiro atoms. The molecule has 186 valence electrons. The quantitative estimate of drug-likeness (QED) is 0.226. The highest BCUT2D eigenvalue weighted by Crippen LogP contribution is 2.40. The summed E-state index contributed by atoms with van der Waals surface area (Å²) in [6.07, 6.45) is 5.53. The molecule has 0 amide bonds. The monoisotopic (exact) mass is 525 g/mol. The molecule has 0 saturated heterocycles. The number of aryl methyl sites for hydroxylation is 2. The van der Waals surface area contributed by atoms with Gasteiger partial charge in [0, 0.05) is 34.6 Å². The Morgan fingerprint density at radius 1 is 0.946 bits per heavy atom. The minimum Gasteiger partial charge on any atom is -0.494 e. The van der Waals surface area contributed by atoms with Crippen LogP contribution in [0.1, 0.15) is 31.0 Å². The number of thiocarbonyl (C=S) groups is 1. The normalized spacial score (nSPS) is 12.9. The van der Waals surface area contributed by atoms with Crippen molar-refractivity contribution in [3.8, 4) is 28.1 Å². The van der Waals surface area contributed by atoms with Gasteiger partial charge in [-0.15, -0.1) is 0 Å². The highest BCUT2D eigenvalue weighted by molar-refractivity contribution is 7.81. The first kappa shape index (κ1) is 23.8. The van der Waals surface area contributed by atoms with Gasteiger partial charge in [-0.1, -0.05) is 66.3 Å². The van der Waals surface area contributed by atoms with Crippen LogP contribution in [0.15, 0.2) is 85.1 Å². The minimum atomic E-state index is 0.640. The molecule has 0 saturated carbocycles. The van der Waals surface area contributed by atoms with Crippen LogP contribution in [0, 0.1) is 0 Å². The Labute approximate surface area is 227 Å². The molecule has 0 bridgehead atoms. The van der Waals surface area contributed by atoms with Crippen molar-refractivity contribution in [2.45, 2.75) is 32.7 Å². The van der Waals surface area contributed by atoms with Crippen molar-refractivity contribution in [2.24, 2.45) is 0 Å². The largest absolute Gasteiger partial charge is 0.494 e. The van der Waals surface area contributed by atoms with Crippen molar-refractivity contribution >= 4 is 40.1 Å². The lowest BCUT2D eigenvalue weighted by atomic mass is 9.98. The molecule has 2 aromatic heterocycles. The number of imidazole rings is 1. The van der Waals surface area contributed by atoms with Gasteiger partial charge in [-0.05, 0) is 73.7 Å². The van der Waals surface area contributed by atoms with E-state index in [1.54, 1.807) is 0 Å². The number of aromatic nitrogens is 2. The van der Waals surface area contributed by atoms with Gasteiger partial charge in [0.1, 0.15) is 16.4 Å². The Kier molecular flexibility index (Phi) is 6.49. The van der Waals surface area contributed by atoms with Crippen molar-refractivity contribution in [3.05, 3.63) is 101 Å². The van der Waals surface area contributed by atoms with Crippen molar-refractivity contribution in [3.63, 3.8) is 0 Å². The summed E-state index contributed by atoms with van der Waals surface area (Å²) in [7, 11) is 0. The van der Waals surface area contributed by atoms with Crippen molar-refractivity contribution < 1.29 is 4.74 Å². The second-order valence-electron chi connectivity index (χ2n) is 9.30. The van der Waals surface area contributed by atoms with E-state index in [2.05, 4.69) is 62.9 Å². The number of anilines is 1. The standard InChI is InChI=1S/C31H28ClN3OS/c1-2-36-25-17-15-24(16-18-25)33-30(37)29-28(22-11-13-23(32)14-12-22)26-10-6-7-19-34-27(20-35(29)31(26)34)21-8-4-3-5-9-21/h3-5,8-9,11-18,20H,2,6-7,10,19H2,1H3,(H,33,37). The molecule has 4 nitrogen and oxygen atoms in total. The second-order valence-corrected chi connectivity index (χ2v) is 10.1. The maximum atomic E-state index is 6.27. The van der Waals surface area contributed by atoms with E-state index in [9.17, 15) is 0 Å². The van der Waals surface area contributed by atoms with Gasteiger partial charge in [0.15, 0.2) is 0 Å². The van der Waals surface area contributed by atoms with E-state index >= 15 is 0 Å². The third-order valence-corrected chi connectivity index (χ3v) is 7.52. The first-order valence-corrected chi connectivity index (χ1v) is 13.5. The lowest BCUT2D eigenvalue weighted by Crippen LogP contribution is -2.14. The van der Waals surface area contributed by atoms with Crippen LogP contribution >= 0.6 is 23.8 Å². The first-order valence-electron chi connectivity index (χ1n) is 12.8. The van der Waals surface area contributed by atoms with Crippen LogP contribution in [-0.4, -0.2) is 20.6 Å². The van der Waals surface area contributed by atoms with Crippen LogP contribution in [0.25, 0.3) is 28.0 Å². The van der Waals surface area contributed by atoms with Gasteiger partial charge in [-0.2, -0.15) is 0 Å². The molecule has 0 aliphatic carbocycles. The zero-order valence-electron chi connectivity index (χ0n) is 20.7. The number of halogens is 1. The molecule has 3 aromatic carbocycles. The van der Waals surface area contributed by atoms with Crippen LogP contribution < -0.4 is 10.1 Å². The average molecular weight is 526 g/mol. The van der Waals surface area contributed by atoms with Gasteiger partial charge >= 0.3 is 0 Å².